The molecule has 4 rings (SSSR count). The van der Waals surface area contributed by atoms with Gasteiger partial charge in [0.2, 0.25) is 0 Å². The Morgan fingerprint density at radius 2 is 1.53 bits per heavy atom. The maximum absolute atomic E-state index is 13.5. The third kappa shape index (κ3) is 4.73. The Labute approximate surface area is 193 Å². The van der Waals surface area contributed by atoms with Gasteiger partial charge in [-0.2, -0.15) is 0 Å². The number of anilines is 3. The summed E-state index contributed by atoms with van der Waals surface area (Å²) in [6, 6.07) is 20.6. The van der Waals surface area contributed by atoms with E-state index in [2.05, 4.69) is 10.1 Å². The van der Waals surface area contributed by atoms with Crippen LogP contribution in [0, 0.1) is 0 Å². The van der Waals surface area contributed by atoms with E-state index in [1.807, 2.05) is 25.1 Å². The van der Waals surface area contributed by atoms with E-state index in [1.54, 1.807) is 48.5 Å². The van der Waals surface area contributed by atoms with Crippen LogP contribution in [-0.2, 0) is 9.59 Å². The second-order valence-corrected chi connectivity index (χ2v) is 7.67. The Bertz CT molecular complexity index is 1250. The van der Waals surface area contributed by atoms with E-state index in [0.29, 0.717) is 16.9 Å². The van der Waals surface area contributed by atoms with Crippen molar-refractivity contribution in [1.29, 1.82) is 0 Å². The molecule has 0 aromatic heterocycles. The molecular weight excluding hydrogens is 447 g/mol. The van der Waals surface area contributed by atoms with Crippen LogP contribution in [0.5, 0.6) is 5.75 Å². The molecule has 0 unspecified atom stereocenters. The molecule has 0 spiro atoms. The van der Waals surface area contributed by atoms with Crippen molar-refractivity contribution >= 4 is 34.4 Å². The summed E-state index contributed by atoms with van der Waals surface area (Å²) in [5.74, 6) is -1.48. The maximum atomic E-state index is 13.5. The Hall–Kier alpha value is -4.27. The third-order valence-corrected chi connectivity index (χ3v) is 5.11. The molecule has 174 valence electrons. The van der Waals surface area contributed by atoms with E-state index in [-0.39, 0.29) is 11.3 Å². The molecule has 1 aliphatic rings. The average Bonchev–Trinajstić information content (AvgIpc) is 3.04. The Balaban J connectivity index is 1.72. The van der Waals surface area contributed by atoms with Gasteiger partial charge >= 0.3 is 6.36 Å². The quantitative estimate of drug-likeness (QED) is 0.515. The SMILES string of the molecule is CN(C)c1cccc(N2C(=O)C(Nc3ccc(OC(F)(F)F)cc3)=C(c3ccccc3)C2=O)c1. The Kier molecular flexibility index (Phi) is 6.02. The van der Waals surface area contributed by atoms with Crippen molar-refractivity contribution in [1.82, 2.24) is 0 Å². The predicted molar refractivity (Wildman–Crippen MR) is 123 cm³/mol. The number of nitrogens with zero attached hydrogens (tertiary/aromatic N) is 2. The fourth-order valence-corrected chi connectivity index (χ4v) is 3.55. The van der Waals surface area contributed by atoms with E-state index in [4.69, 9.17) is 0 Å². The summed E-state index contributed by atoms with van der Waals surface area (Å²) in [5, 5.41) is 2.92. The van der Waals surface area contributed by atoms with Gasteiger partial charge in [-0.3, -0.25) is 9.59 Å². The lowest BCUT2D eigenvalue weighted by molar-refractivity contribution is -0.274. The molecule has 0 aliphatic carbocycles. The number of hydrogen-bond donors (Lipinski definition) is 1. The summed E-state index contributed by atoms with van der Waals surface area (Å²) in [5.41, 5.74) is 2.25. The lowest BCUT2D eigenvalue weighted by atomic mass is 10.0. The van der Waals surface area contributed by atoms with Gasteiger partial charge in [0.1, 0.15) is 11.4 Å². The van der Waals surface area contributed by atoms with Crippen LogP contribution in [-0.4, -0.2) is 32.3 Å². The van der Waals surface area contributed by atoms with Gasteiger partial charge in [-0.25, -0.2) is 4.90 Å². The molecule has 1 heterocycles. The zero-order chi connectivity index (χ0) is 24.5. The molecule has 0 atom stereocenters. The molecule has 6 nitrogen and oxygen atoms in total. The minimum Gasteiger partial charge on any atom is -0.406 e. The molecule has 34 heavy (non-hydrogen) atoms. The summed E-state index contributed by atoms with van der Waals surface area (Å²) in [6.45, 7) is 0. The van der Waals surface area contributed by atoms with Gasteiger partial charge in [-0.1, -0.05) is 36.4 Å². The van der Waals surface area contributed by atoms with Gasteiger partial charge in [0.05, 0.1) is 11.3 Å². The van der Waals surface area contributed by atoms with Gasteiger partial charge in [-0.05, 0) is 48.0 Å². The predicted octanol–water partition coefficient (Wildman–Crippen LogP) is 5.05. The summed E-state index contributed by atoms with van der Waals surface area (Å²) in [6.07, 6.45) is -4.81. The molecule has 0 saturated carbocycles. The molecule has 0 bridgehead atoms. The maximum Gasteiger partial charge on any atom is 0.573 e. The van der Waals surface area contributed by atoms with E-state index in [0.717, 1.165) is 22.7 Å². The first-order valence-corrected chi connectivity index (χ1v) is 10.2. The molecule has 3 aromatic carbocycles. The van der Waals surface area contributed by atoms with Gasteiger partial charge in [0, 0.05) is 25.5 Å². The Morgan fingerprint density at radius 1 is 0.853 bits per heavy atom. The zero-order valence-corrected chi connectivity index (χ0v) is 18.3. The first-order valence-electron chi connectivity index (χ1n) is 10.2. The summed E-state index contributed by atoms with van der Waals surface area (Å²) < 4.78 is 41.2. The highest BCUT2D eigenvalue weighted by molar-refractivity contribution is 6.46. The summed E-state index contributed by atoms with van der Waals surface area (Å²) in [4.78, 5) is 29.8. The van der Waals surface area contributed by atoms with Crippen LogP contribution in [0.25, 0.3) is 5.57 Å². The van der Waals surface area contributed by atoms with Crippen molar-refractivity contribution in [3.05, 3.63) is 90.1 Å². The van der Waals surface area contributed by atoms with Crippen LogP contribution in [0.2, 0.25) is 0 Å². The Morgan fingerprint density at radius 3 is 2.15 bits per heavy atom. The minimum absolute atomic E-state index is 0.0240. The van der Waals surface area contributed by atoms with E-state index < -0.39 is 23.9 Å². The summed E-state index contributed by atoms with van der Waals surface area (Å²) >= 11 is 0. The van der Waals surface area contributed by atoms with Crippen molar-refractivity contribution in [2.24, 2.45) is 0 Å². The van der Waals surface area contributed by atoms with Crippen LogP contribution >= 0.6 is 0 Å². The number of carbonyl (C=O) groups excluding carboxylic acids is 2. The number of carbonyl (C=O) groups is 2. The fraction of sp³-hybridized carbons (Fsp3) is 0.120. The number of imide groups is 1. The summed E-state index contributed by atoms with van der Waals surface area (Å²) in [7, 11) is 3.69. The topological polar surface area (TPSA) is 61.9 Å². The molecule has 9 heteroatoms. The molecule has 2 amide bonds. The highest BCUT2D eigenvalue weighted by atomic mass is 19.4. The second-order valence-electron chi connectivity index (χ2n) is 7.67. The number of benzene rings is 3. The molecule has 1 aliphatic heterocycles. The van der Waals surface area contributed by atoms with Crippen molar-refractivity contribution < 1.29 is 27.5 Å². The molecular formula is C25H20F3N3O3. The number of nitrogens with one attached hydrogen (secondary N) is 1. The lowest BCUT2D eigenvalue weighted by Crippen LogP contribution is -2.32. The smallest absolute Gasteiger partial charge is 0.406 e. The van der Waals surface area contributed by atoms with Crippen molar-refractivity contribution in [2.75, 3.05) is 29.2 Å². The number of alkyl halides is 3. The van der Waals surface area contributed by atoms with Crippen LogP contribution in [0.4, 0.5) is 30.2 Å². The number of hydrogen-bond acceptors (Lipinski definition) is 5. The second kappa shape index (κ2) is 8.93. The average molecular weight is 467 g/mol. The van der Waals surface area contributed by atoms with Crippen molar-refractivity contribution in [3.63, 3.8) is 0 Å². The normalized spacial score (nSPS) is 14.0. The first kappa shape index (κ1) is 22.9. The van der Waals surface area contributed by atoms with Crippen LogP contribution < -0.4 is 19.9 Å². The van der Waals surface area contributed by atoms with E-state index in [1.165, 1.54) is 12.1 Å². The minimum atomic E-state index is -4.81. The van der Waals surface area contributed by atoms with Gasteiger partial charge in [0.25, 0.3) is 11.8 Å². The highest BCUT2D eigenvalue weighted by Crippen LogP contribution is 2.35. The largest absolute Gasteiger partial charge is 0.573 e. The monoisotopic (exact) mass is 467 g/mol. The number of halogens is 3. The molecule has 0 fully saturated rings. The van der Waals surface area contributed by atoms with E-state index >= 15 is 0 Å². The molecule has 0 saturated heterocycles. The fourth-order valence-electron chi connectivity index (χ4n) is 3.55. The van der Waals surface area contributed by atoms with Gasteiger partial charge in [-0.15, -0.1) is 13.2 Å². The molecule has 3 aromatic rings. The van der Waals surface area contributed by atoms with Gasteiger partial charge in [0.15, 0.2) is 0 Å². The van der Waals surface area contributed by atoms with Gasteiger partial charge < -0.3 is 15.0 Å². The van der Waals surface area contributed by atoms with Crippen LogP contribution in [0.1, 0.15) is 5.56 Å². The number of ether oxygens (including phenoxy) is 1. The standard InChI is InChI=1S/C25H20F3N3O3/c1-30(2)18-9-6-10-19(15-18)31-23(32)21(16-7-4-3-5-8-16)22(24(31)33)29-17-11-13-20(14-12-17)34-25(26,27)28/h3-15,29H,1-2H3. The van der Waals surface area contributed by atoms with Crippen molar-refractivity contribution in [3.8, 4) is 5.75 Å². The van der Waals surface area contributed by atoms with Crippen molar-refractivity contribution in [2.45, 2.75) is 6.36 Å². The highest BCUT2D eigenvalue weighted by Gasteiger charge is 2.40. The third-order valence-electron chi connectivity index (χ3n) is 5.11. The van der Waals surface area contributed by atoms with Crippen LogP contribution in [0.3, 0.4) is 0 Å². The van der Waals surface area contributed by atoms with Crippen LogP contribution in [0.15, 0.2) is 84.6 Å². The first-order chi connectivity index (χ1) is 16.1. The molecule has 0 radical (unpaired) electrons. The van der Waals surface area contributed by atoms with E-state index in [9.17, 15) is 22.8 Å². The number of rotatable bonds is 6. The lowest BCUT2D eigenvalue weighted by Gasteiger charge is -2.19. The number of amides is 2. The zero-order valence-electron chi connectivity index (χ0n) is 18.3. The molecule has 1 N–H and O–H groups in total.